The number of anilines is 1. The molecule has 0 radical (unpaired) electrons. The van der Waals surface area contributed by atoms with Gasteiger partial charge in [0.1, 0.15) is 0 Å². The van der Waals surface area contributed by atoms with Crippen molar-refractivity contribution in [2.75, 3.05) is 11.9 Å². The van der Waals surface area contributed by atoms with Crippen LogP contribution in [0.2, 0.25) is 0 Å². The number of aromatic nitrogens is 1. The van der Waals surface area contributed by atoms with E-state index in [0.29, 0.717) is 18.7 Å². The Hall–Kier alpha value is -1.78. The summed E-state index contributed by atoms with van der Waals surface area (Å²) in [6.45, 7) is 2.88. The van der Waals surface area contributed by atoms with E-state index in [2.05, 4.69) is 10.3 Å². The van der Waals surface area contributed by atoms with E-state index in [1.54, 1.807) is 25.3 Å². The van der Waals surface area contributed by atoms with Crippen LogP contribution in [0.3, 0.4) is 0 Å². The molecule has 0 atom stereocenters. The van der Waals surface area contributed by atoms with Gasteiger partial charge in [-0.15, -0.1) is 24.8 Å². The molecule has 21 heavy (non-hydrogen) atoms. The van der Waals surface area contributed by atoms with Gasteiger partial charge in [-0.3, -0.25) is 4.98 Å². The Balaban J connectivity index is 0.00000200. The van der Waals surface area contributed by atoms with E-state index >= 15 is 0 Å². The van der Waals surface area contributed by atoms with E-state index < -0.39 is 0 Å². The molecule has 0 aliphatic heterocycles. The Morgan fingerprint density at radius 1 is 1.19 bits per heavy atom. The molecule has 2 rings (SSSR count). The van der Waals surface area contributed by atoms with Crippen molar-refractivity contribution >= 4 is 36.5 Å². The number of nitrogens with zero attached hydrogens (tertiary/aromatic N) is 1. The molecule has 0 unspecified atom stereocenters. The molecule has 0 amide bonds. The zero-order chi connectivity index (χ0) is 13.5. The third-order valence-corrected chi connectivity index (χ3v) is 2.62. The van der Waals surface area contributed by atoms with E-state index in [4.69, 9.17) is 4.74 Å². The van der Waals surface area contributed by atoms with Crippen LogP contribution in [-0.4, -0.2) is 17.6 Å². The fraction of sp³-hybridized carbons (Fsp3) is 0.200. The van der Waals surface area contributed by atoms with Crippen LogP contribution in [0.15, 0.2) is 48.8 Å². The first-order valence-electron chi connectivity index (χ1n) is 6.19. The van der Waals surface area contributed by atoms with Gasteiger partial charge in [0.15, 0.2) is 0 Å². The highest BCUT2D eigenvalue weighted by atomic mass is 35.5. The van der Waals surface area contributed by atoms with Crippen molar-refractivity contribution < 1.29 is 9.53 Å². The van der Waals surface area contributed by atoms with Gasteiger partial charge in [0.2, 0.25) is 0 Å². The number of esters is 1. The van der Waals surface area contributed by atoms with Crippen LogP contribution >= 0.6 is 24.8 Å². The van der Waals surface area contributed by atoms with Crippen LogP contribution in [0.25, 0.3) is 0 Å². The van der Waals surface area contributed by atoms with E-state index in [1.807, 2.05) is 30.5 Å². The van der Waals surface area contributed by atoms with Crippen LogP contribution in [0.1, 0.15) is 22.8 Å². The second-order valence-electron chi connectivity index (χ2n) is 4.01. The maximum absolute atomic E-state index is 11.5. The number of nitrogens with one attached hydrogen (secondary N) is 1. The maximum atomic E-state index is 11.5. The Morgan fingerprint density at radius 3 is 2.48 bits per heavy atom. The second-order valence-corrected chi connectivity index (χ2v) is 4.01. The van der Waals surface area contributed by atoms with E-state index in [9.17, 15) is 4.79 Å². The molecular weight excluding hydrogens is 311 g/mol. The lowest BCUT2D eigenvalue weighted by molar-refractivity contribution is 0.0526. The second kappa shape index (κ2) is 10.0. The number of pyridine rings is 1. The molecule has 114 valence electrons. The molecule has 1 N–H and O–H groups in total. The first kappa shape index (κ1) is 19.2. The molecule has 0 fully saturated rings. The average Bonchev–Trinajstić information content (AvgIpc) is 2.47. The molecule has 4 nitrogen and oxygen atoms in total. The molecule has 0 bridgehead atoms. The van der Waals surface area contributed by atoms with Gasteiger partial charge in [0.05, 0.1) is 12.2 Å². The maximum Gasteiger partial charge on any atom is 0.338 e. The topological polar surface area (TPSA) is 51.2 Å². The number of hydrogen-bond donors (Lipinski definition) is 1. The lowest BCUT2D eigenvalue weighted by atomic mass is 10.2. The number of halogens is 2. The minimum atomic E-state index is -0.290. The van der Waals surface area contributed by atoms with Crippen molar-refractivity contribution in [3.05, 3.63) is 59.9 Å². The molecule has 0 spiro atoms. The summed E-state index contributed by atoms with van der Waals surface area (Å²) in [6, 6.07) is 11.1. The van der Waals surface area contributed by atoms with E-state index in [1.165, 1.54) is 0 Å². The smallest absolute Gasteiger partial charge is 0.338 e. The predicted molar refractivity (Wildman–Crippen MR) is 88.5 cm³/mol. The summed E-state index contributed by atoms with van der Waals surface area (Å²) in [5.41, 5.74) is 2.63. The van der Waals surface area contributed by atoms with E-state index in [-0.39, 0.29) is 30.8 Å². The molecule has 0 saturated heterocycles. The van der Waals surface area contributed by atoms with Crippen LogP contribution < -0.4 is 5.32 Å². The number of ether oxygens (including phenoxy) is 1. The number of hydrogen-bond acceptors (Lipinski definition) is 4. The third-order valence-electron chi connectivity index (χ3n) is 2.62. The van der Waals surface area contributed by atoms with Gasteiger partial charge in [-0.05, 0) is 42.8 Å². The van der Waals surface area contributed by atoms with Crippen molar-refractivity contribution in [2.45, 2.75) is 13.5 Å². The zero-order valence-electron chi connectivity index (χ0n) is 11.6. The van der Waals surface area contributed by atoms with Gasteiger partial charge in [0, 0.05) is 24.6 Å². The quantitative estimate of drug-likeness (QED) is 0.850. The molecule has 2 aromatic rings. The average molecular weight is 329 g/mol. The Morgan fingerprint density at radius 2 is 1.90 bits per heavy atom. The number of benzene rings is 1. The van der Waals surface area contributed by atoms with Crippen molar-refractivity contribution in [3.8, 4) is 0 Å². The lowest BCUT2D eigenvalue weighted by Gasteiger charge is -2.07. The Bertz CT molecular complexity index is 533. The molecule has 1 aromatic heterocycles. The molecule has 0 aliphatic carbocycles. The summed E-state index contributed by atoms with van der Waals surface area (Å²) in [6.07, 6.45) is 3.57. The van der Waals surface area contributed by atoms with E-state index in [0.717, 1.165) is 11.3 Å². The van der Waals surface area contributed by atoms with Gasteiger partial charge in [-0.1, -0.05) is 6.07 Å². The number of carbonyl (C=O) groups excluding carboxylic acids is 1. The van der Waals surface area contributed by atoms with Gasteiger partial charge in [-0.2, -0.15) is 0 Å². The molecule has 6 heteroatoms. The monoisotopic (exact) mass is 328 g/mol. The fourth-order valence-electron chi connectivity index (χ4n) is 1.65. The normalized spacial score (nSPS) is 9.00. The summed E-state index contributed by atoms with van der Waals surface area (Å²) in [4.78, 5) is 15.5. The van der Waals surface area contributed by atoms with Gasteiger partial charge >= 0.3 is 5.97 Å². The molecule has 1 heterocycles. The van der Waals surface area contributed by atoms with Crippen LogP contribution in [0.4, 0.5) is 5.69 Å². The summed E-state index contributed by atoms with van der Waals surface area (Å²) < 4.78 is 4.93. The van der Waals surface area contributed by atoms with Crippen molar-refractivity contribution in [3.63, 3.8) is 0 Å². The SMILES string of the molecule is CCOC(=O)c1ccc(NCc2cccnc2)cc1.Cl.Cl. The Kier molecular flexibility index (Phi) is 9.17. The van der Waals surface area contributed by atoms with Crippen LogP contribution in [-0.2, 0) is 11.3 Å². The van der Waals surface area contributed by atoms with Crippen molar-refractivity contribution in [1.29, 1.82) is 0 Å². The minimum Gasteiger partial charge on any atom is -0.462 e. The molecular formula is C15H18Cl2N2O2. The summed E-state index contributed by atoms with van der Waals surface area (Å²) in [5, 5.41) is 3.27. The molecule has 1 aromatic carbocycles. The highest BCUT2D eigenvalue weighted by Crippen LogP contribution is 2.11. The van der Waals surface area contributed by atoms with Crippen molar-refractivity contribution in [2.24, 2.45) is 0 Å². The van der Waals surface area contributed by atoms with Crippen LogP contribution in [0.5, 0.6) is 0 Å². The summed E-state index contributed by atoms with van der Waals surface area (Å²) in [7, 11) is 0. The van der Waals surface area contributed by atoms with Gasteiger partial charge in [0.25, 0.3) is 0 Å². The zero-order valence-corrected chi connectivity index (χ0v) is 13.2. The van der Waals surface area contributed by atoms with Crippen LogP contribution in [0, 0.1) is 0 Å². The first-order valence-corrected chi connectivity index (χ1v) is 6.19. The minimum absolute atomic E-state index is 0. The molecule has 0 saturated carbocycles. The fourth-order valence-corrected chi connectivity index (χ4v) is 1.65. The predicted octanol–water partition coefficient (Wildman–Crippen LogP) is 3.71. The summed E-state index contributed by atoms with van der Waals surface area (Å²) in [5.74, 6) is -0.290. The number of rotatable bonds is 5. The molecule has 0 aliphatic rings. The lowest BCUT2D eigenvalue weighted by Crippen LogP contribution is -2.05. The Labute approximate surface area is 136 Å². The highest BCUT2D eigenvalue weighted by Gasteiger charge is 2.05. The van der Waals surface area contributed by atoms with Gasteiger partial charge in [-0.25, -0.2) is 4.79 Å². The summed E-state index contributed by atoms with van der Waals surface area (Å²) >= 11 is 0. The standard InChI is InChI=1S/C15H16N2O2.2ClH/c1-2-19-15(18)13-5-7-14(8-6-13)17-11-12-4-3-9-16-10-12;;/h3-10,17H,2,11H2,1H3;2*1H. The number of carbonyl (C=O) groups is 1. The third kappa shape index (κ3) is 6.02. The largest absolute Gasteiger partial charge is 0.462 e. The van der Waals surface area contributed by atoms with Crippen molar-refractivity contribution in [1.82, 2.24) is 4.98 Å². The van der Waals surface area contributed by atoms with Gasteiger partial charge < -0.3 is 10.1 Å². The highest BCUT2D eigenvalue weighted by molar-refractivity contribution is 5.89. The first-order chi connectivity index (χ1) is 9.29.